The third kappa shape index (κ3) is 1.81. The Morgan fingerprint density at radius 2 is 1.90 bits per heavy atom. The minimum Gasteiger partial charge on any atom is -0.491 e. The number of rotatable bonds is 4. The van der Waals surface area contributed by atoms with Crippen LogP contribution in [0.4, 0.5) is 0 Å². The minimum atomic E-state index is 0.150. The summed E-state index contributed by atoms with van der Waals surface area (Å²) in [6.07, 6.45) is 4.28. The van der Waals surface area contributed by atoms with Gasteiger partial charge in [0.05, 0.1) is 6.10 Å². The summed E-state index contributed by atoms with van der Waals surface area (Å²) in [6, 6.07) is 7.76. The Kier molecular flexibility index (Phi) is 2.70. The molecule has 1 aromatic carbocycles. The third-order valence-electron chi connectivity index (χ3n) is 5.53. The van der Waals surface area contributed by atoms with Gasteiger partial charge in [0, 0.05) is 11.5 Å². The number of hydrogen-bond acceptors (Lipinski definition) is 2. The van der Waals surface area contributed by atoms with E-state index in [0.29, 0.717) is 11.7 Å². The van der Waals surface area contributed by atoms with Crippen LogP contribution in [0.3, 0.4) is 0 Å². The Balaban J connectivity index is 1.52. The van der Waals surface area contributed by atoms with E-state index in [0.717, 1.165) is 35.0 Å². The first-order valence-corrected chi connectivity index (χ1v) is 7.96. The summed E-state index contributed by atoms with van der Waals surface area (Å²) >= 11 is 0. The molecular formula is C18H22O2. The normalized spacial score (nSPS) is 37.0. The molecule has 0 spiro atoms. The average molecular weight is 270 g/mol. The summed E-state index contributed by atoms with van der Waals surface area (Å²) in [7, 11) is 0. The highest BCUT2D eigenvalue weighted by Crippen LogP contribution is 2.69. The van der Waals surface area contributed by atoms with Gasteiger partial charge in [-0.25, -0.2) is 0 Å². The van der Waals surface area contributed by atoms with Crippen molar-refractivity contribution in [1.82, 2.24) is 0 Å². The van der Waals surface area contributed by atoms with E-state index in [4.69, 9.17) is 4.74 Å². The molecule has 2 bridgehead atoms. The maximum Gasteiger partial charge on any atom is 0.166 e. The lowest BCUT2D eigenvalue weighted by atomic mass is 9.96. The fourth-order valence-electron chi connectivity index (χ4n) is 4.86. The van der Waals surface area contributed by atoms with Crippen molar-refractivity contribution in [3.05, 3.63) is 29.8 Å². The van der Waals surface area contributed by atoms with Crippen molar-refractivity contribution in [2.24, 2.45) is 29.6 Å². The van der Waals surface area contributed by atoms with Crippen LogP contribution in [0.5, 0.6) is 5.75 Å². The van der Waals surface area contributed by atoms with Crippen LogP contribution >= 0.6 is 0 Å². The third-order valence-corrected chi connectivity index (χ3v) is 5.53. The highest BCUT2D eigenvalue weighted by Gasteiger charge is 2.67. The van der Waals surface area contributed by atoms with Crippen LogP contribution in [-0.2, 0) is 0 Å². The molecule has 0 amide bonds. The van der Waals surface area contributed by atoms with E-state index in [1.54, 1.807) is 0 Å². The van der Waals surface area contributed by atoms with E-state index >= 15 is 0 Å². The largest absolute Gasteiger partial charge is 0.491 e. The van der Waals surface area contributed by atoms with E-state index in [-0.39, 0.29) is 6.10 Å². The molecule has 0 heterocycles. The van der Waals surface area contributed by atoms with E-state index in [1.165, 1.54) is 19.3 Å². The lowest BCUT2D eigenvalue weighted by molar-refractivity contribution is 0.0944. The lowest BCUT2D eigenvalue weighted by Gasteiger charge is -2.11. The van der Waals surface area contributed by atoms with Crippen LogP contribution in [-0.4, -0.2) is 11.9 Å². The standard InChI is InChI=1S/C18H22O2/c1-10(2)20-14-5-3-4-13(9-14)18(19)17-15-11-6-7-12(8-11)16(15)17/h3-5,9-12,15-17H,6-8H2,1-2H3. The number of hydrogen-bond donors (Lipinski definition) is 0. The van der Waals surface area contributed by atoms with Crippen LogP contribution < -0.4 is 4.74 Å². The number of carbonyl (C=O) groups is 1. The summed E-state index contributed by atoms with van der Waals surface area (Å²) in [5.74, 6) is 4.66. The van der Waals surface area contributed by atoms with Gasteiger partial charge in [-0.2, -0.15) is 0 Å². The van der Waals surface area contributed by atoms with Crippen LogP contribution in [0.25, 0.3) is 0 Å². The van der Waals surface area contributed by atoms with E-state index in [2.05, 4.69) is 0 Å². The van der Waals surface area contributed by atoms with Gasteiger partial charge >= 0.3 is 0 Å². The monoisotopic (exact) mass is 270 g/mol. The van der Waals surface area contributed by atoms with Gasteiger partial charge in [-0.15, -0.1) is 0 Å². The Hall–Kier alpha value is -1.31. The predicted octanol–water partition coefficient (Wildman–Crippen LogP) is 3.95. The maximum atomic E-state index is 12.7. The molecule has 20 heavy (non-hydrogen) atoms. The fourth-order valence-corrected chi connectivity index (χ4v) is 4.86. The number of ether oxygens (including phenoxy) is 1. The van der Waals surface area contributed by atoms with Crippen molar-refractivity contribution in [2.45, 2.75) is 39.2 Å². The Morgan fingerprint density at radius 3 is 2.55 bits per heavy atom. The van der Waals surface area contributed by atoms with E-state index in [1.807, 2.05) is 38.1 Å². The quantitative estimate of drug-likeness (QED) is 0.774. The smallest absolute Gasteiger partial charge is 0.166 e. The molecule has 0 aliphatic heterocycles. The molecule has 4 rings (SSSR count). The Bertz CT molecular complexity index is 532. The van der Waals surface area contributed by atoms with Crippen molar-refractivity contribution < 1.29 is 9.53 Å². The Morgan fingerprint density at radius 1 is 1.20 bits per heavy atom. The predicted molar refractivity (Wildman–Crippen MR) is 77.8 cm³/mol. The molecule has 0 saturated heterocycles. The molecule has 3 saturated carbocycles. The lowest BCUT2D eigenvalue weighted by Crippen LogP contribution is -2.11. The topological polar surface area (TPSA) is 26.3 Å². The van der Waals surface area contributed by atoms with Gasteiger partial charge in [0.2, 0.25) is 0 Å². The first-order chi connectivity index (χ1) is 9.65. The second-order valence-electron chi connectivity index (χ2n) is 7.07. The van der Waals surface area contributed by atoms with Gasteiger partial charge in [0.1, 0.15) is 5.75 Å². The number of Topliss-reactive ketones (excluding diaryl/α,β-unsaturated/α-hetero) is 1. The molecule has 2 heteroatoms. The molecular weight excluding hydrogens is 248 g/mol. The summed E-state index contributed by atoms with van der Waals surface area (Å²) in [5, 5.41) is 0. The van der Waals surface area contributed by atoms with Gasteiger partial charge in [-0.3, -0.25) is 4.79 Å². The fraction of sp³-hybridized carbons (Fsp3) is 0.611. The van der Waals surface area contributed by atoms with Crippen molar-refractivity contribution in [3.8, 4) is 5.75 Å². The number of ketones is 1. The summed E-state index contributed by atoms with van der Waals surface area (Å²) < 4.78 is 5.70. The average Bonchev–Trinajstić information content (AvgIpc) is 2.85. The van der Waals surface area contributed by atoms with Crippen LogP contribution in [0.15, 0.2) is 24.3 Å². The second-order valence-corrected chi connectivity index (χ2v) is 7.07. The first kappa shape index (κ1) is 12.4. The summed E-state index contributed by atoms with van der Waals surface area (Å²) in [5.41, 5.74) is 0.849. The Labute approximate surface area is 120 Å². The molecule has 4 atom stereocenters. The molecule has 1 aromatic rings. The zero-order valence-electron chi connectivity index (χ0n) is 12.2. The van der Waals surface area contributed by atoms with Gasteiger partial charge in [-0.1, -0.05) is 12.1 Å². The van der Waals surface area contributed by atoms with Crippen molar-refractivity contribution in [2.75, 3.05) is 0 Å². The molecule has 2 nitrogen and oxygen atoms in total. The maximum absolute atomic E-state index is 12.7. The molecule has 4 unspecified atom stereocenters. The van der Waals surface area contributed by atoms with Crippen molar-refractivity contribution >= 4 is 5.78 Å². The van der Waals surface area contributed by atoms with Crippen LogP contribution in [0, 0.1) is 29.6 Å². The zero-order valence-corrected chi connectivity index (χ0v) is 12.2. The first-order valence-electron chi connectivity index (χ1n) is 7.96. The zero-order chi connectivity index (χ0) is 13.9. The van der Waals surface area contributed by atoms with E-state index < -0.39 is 0 Å². The SMILES string of the molecule is CC(C)Oc1cccc(C(=O)C2C3C4CCC(C4)C23)c1. The molecule has 106 valence electrons. The van der Waals surface area contributed by atoms with Gasteiger partial charge < -0.3 is 4.74 Å². The molecule has 3 aliphatic carbocycles. The molecule has 0 radical (unpaired) electrons. The van der Waals surface area contributed by atoms with Gasteiger partial charge in [-0.05, 0) is 68.9 Å². The van der Waals surface area contributed by atoms with E-state index in [9.17, 15) is 4.79 Å². The van der Waals surface area contributed by atoms with Crippen molar-refractivity contribution in [3.63, 3.8) is 0 Å². The molecule has 3 aliphatic rings. The summed E-state index contributed by atoms with van der Waals surface area (Å²) in [6.45, 7) is 4.02. The van der Waals surface area contributed by atoms with Crippen molar-refractivity contribution in [1.29, 1.82) is 0 Å². The highest BCUT2D eigenvalue weighted by molar-refractivity contribution is 6.00. The summed E-state index contributed by atoms with van der Waals surface area (Å²) in [4.78, 5) is 12.7. The van der Waals surface area contributed by atoms with Crippen LogP contribution in [0.2, 0.25) is 0 Å². The molecule has 3 fully saturated rings. The second kappa shape index (κ2) is 4.34. The number of fused-ring (bicyclic) bond motifs is 5. The number of benzene rings is 1. The molecule has 0 aromatic heterocycles. The van der Waals surface area contributed by atoms with Gasteiger partial charge in [0.15, 0.2) is 5.78 Å². The highest BCUT2D eigenvalue weighted by atomic mass is 16.5. The minimum absolute atomic E-state index is 0.150. The molecule has 0 N–H and O–H groups in total. The van der Waals surface area contributed by atoms with Crippen LogP contribution in [0.1, 0.15) is 43.5 Å². The number of carbonyl (C=O) groups excluding carboxylic acids is 1. The van der Waals surface area contributed by atoms with Gasteiger partial charge in [0.25, 0.3) is 0 Å².